The summed E-state index contributed by atoms with van der Waals surface area (Å²) in [4.78, 5) is 10.5. The first-order valence-electron chi connectivity index (χ1n) is 6.13. The van der Waals surface area contributed by atoms with Gasteiger partial charge in [0.05, 0.1) is 6.42 Å². The van der Waals surface area contributed by atoms with Crippen molar-refractivity contribution < 1.29 is 9.53 Å². The van der Waals surface area contributed by atoms with Crippen molar-refractivity contribution in [2.45, 2.75) is 63.9 Å². The van der Waals surface area contributed by atoms with Gasteiger partial charge in [-0.15, -0.1) is 6.58 Å². The van der Waals surface area contributed by atoms with Crippen LogP contribution in [0.2, 0.25) is 0 Å². The normalized spacial score (nSPS) is 19.5. The zero-order valence-corrected chi connectivity index (χ0v) is 9.54. The van der Waals surface area contributed by atoms with Crippen molar-refractivity contribution in [2.24, 2.45) is 0 Å². The molecule has 1 fully saturated rings. The van der Waals surface area contributed by atoms with Crippen molar-refractivity contribution in [3.8, 4) is 0 Å². The largest absolute Gasteiger partial charge is 0.462 e. The van der Waals surface area contributed by atoms with Crippen molar-refractivity contribution in [1.82, 2.24) is 0 Å². The van der Waals surface area contributed by atoms with Gasteiger partial charge in [-0.3, -0.25) is 4.79 Å². The van der Waals surface area contributed by atoms with E-state index in [9.17, 15) is 4.79 Å². The van der Waals surface area contributed by atoms with Gasteiger partial charge in [0.15, 0.2) is 0 Å². The molecule has 0 N–H and O–H groups in total. The molecule has 1 rings (SSSR count). The van der Waals surface area contributed by atoms with E-state index in [0.29, 0.717) is 6.42 Å². The quantitative estimate of drug-likeness (QED) is 0.330. The van der Waals surface area contributed by atoms with Crippen molar-refractivity contribution in [3.05, 3.63) is 12.7 Å². The molecule has 0 amide bonds. The number of ether oxygens (including phenoxy) is 1. The van der Waals surface area contributed by atoms with Crippen LogP contribution < -0.4 is 0 Å². The second kappa shape index (κ2) is 7.49. The minimum Gasteiger partial charge on any atom is -0.462 e. The fourth-order valence-corrected chi connectivity index (χ4v) is 1.89. The van der Waals surface area contributed by atoms with E-state index in [1.807, 2.05) is 6.08 Å². The molecule has 2 nitrogen and oxygen atoms in total. The summed E-state index contributed by atoms with van der Waals surface area (Å²) in [6, 6.07) is 0. The van der Waals surface area contributed by atoms with Gasteiger partial charge in [-0.1, -0.05) is 31.8 Å². The molecular weight excluding hydrogens is 188 g/mol. The minimum absolute atomic E-state index is 0.0237. The van der Waals surface area contributed by atoms with Crippen LogP contribution >= 0.6 is 0 Å². The molecular formula is C13H22O2. The van der Waals surface area contributed by atoms with Crippen molar-refractivity contribution in [3.63, 3.8) is 0 Å². The van der Waals surface area contributed by atoms with Gasteiger partial charge >= 0.3 is 5.97 Å². The molecule has 0 bridgehead atoms. The van der Waals surface area contributed by atoms with E-state index in [4.69, 9.17) is 4.74 Å². The zero-order chi connectivity index (χ0) is 10.9. The van der Waals surface area contributed by atoms with Gasteiger partial charge in [-0.25, -0.2) is 0 Å². The molecule has 1 atom stereocenters. The van der Waals surface area contributed by atoms with Crippen LogP contribution in [-0.4, -0.2) is 12.1 Å². The van der Waals surface area contributed by atoms with Crippen LogP contribution in [0.1, 0.15) is 57.8 Å². The highest BCUT2D eigenvalue weighted by atomic mass is 16.6. The summed E-state index contributed by atoms with van der Waals surface area (Å²) in [7, 11) is 0. The Balaban J connectivity index is 1.73. The SMILES string of the molecule is C=CCCCCCCCC[C@@H]1CC(=O)O1. The van der Waals surface area contributed by atoms with Crippen molar-refractivity contribution >= 4 is 5.97 Å². The van der Waals surface area contributed by atoms with Gasteiger partial charge in [0, 0.05) is 0 Å². The minimum atomic E-state index is -0.0237. The molecule has 2 heteroatoms. The number of allylic oxidation sites excluding steroid dienone is 1. The number of hydrogen-bond acceptors (Lipinski definition) is 2. The molecule has 0 aromatic rings. The molecule has 1 heterocycles. The molecule has 0 radical (unpaired) electrons. The van der Waals surface area contributed by atoms with Crippen LogP contribution in [0.3, 0.4) is 0 Å². The average Bonchev–Trinajstić information content (AvgIpc) is 2.19. The lowest BCUT2D eigenvalue weighted by molar-refractivity contribution is -0.169. The Bertz CT molecular complexity index is 191. The maximum Gasteiger partial charge on any atom is 0.309 e. The van der Waals surface area contributed by atoms with Gasteiger partial charge in [0.1, 0.15) is 6.10 Å². The lowest BCUT2D eigenvalue weighted by Gasteiger charge is -2.25. The maximum atomic E-state index is 10.5. The molecule has 0 aromatic carbocycles. The van der Waals surface area contributed by atoms with Gasteiger partial charge in [0.25, 0.3) is 0 Å². The summed E-state index contributed by atoms with van der Waals surface area (Å²) < 4.78 is 4.95. The monoisotopic (exact) mass is 210 g/mol. The Kier molecular flexibility index (Phi) is 6.14. The summed E-state index contributed by atoms with van der Waals surface area (Å²) in [5, 5.41) is 0. The number of rotatable bonds is 9. The second-order valence-electron chi connectivity index (χ2n) is 4.30. The van der Waals surface area contributed by atoms with Crippen molar-refractivity contribution in [2.75, 3.05) is 0 Å². The third kappa shape index (κ3) is 5.60. The Morgan fingerprint density at radius 1 is 1.20 bits per heavy atom. The van der Waals surface area contributed by atoms with Crippen LogP contribution in [0.25, 0.3) is 0 Å². The molecule has 0 saturated carbocycles. The molecule has 0 aliphatic carbocycles. The van der Waals surface area contributed by atoms with Crippen LogP contribution in [0.5, 0.6) is 0 Å². The molecule has 0 aromatic heterocycles. The van der Waals surface area contributed by atoms with Crippen LogP contribution in [0.15, 0.2) is 12.7 Å². The number of esters is 1. The van der Waals surface area contributed by atoms with Gasteiger partial charge in [-0.05, 0) is 25.7 Å². The Labute approximate surface area is 92.7 Å². The van der Waals surface area contributed by atoms with E-state index in [2.05, 4.69) is 6.58 Å². The number of unbranched alkanes of at least 4 members (excludes halogenated alkanes) is 6. The van der Waals surface area contributed by atoms with E-state index in [-0.39, 0.29) is 12.1 Å². The fraction of sp³-hybridized carbons (Fsp3) is 0.769. The summed E-state index contributed by atoms with van der Waals surface area (Å²) >= 11 is 0. The van der Waals surface area contributed by atoms with E-state index >= 15 is 0 Å². The van der Waals surface area contributed by atoms with Crippen molar-refractivity contribution in [1.29, 1.82) is 0 Å². The predicted molar refractivity (Wildman–Crippen MR) is 61.6 cm³/mol. The lowest BCUT2D eigenvalue weighted by Crippen LogP contribution is -2.32. The molecule has 0 unspecified atom stereocenters. The number of carbonyl (C=O) groups excluding carboxylic acids is 1. The first-order chi connectivity index (χ1) is 7.33. The lowest BCUT2D eigenvalue weighted by atomic mass is 10.0. The average molecular weight is 210 g/mol. The first kappa shape index (κ1) is 12.3. The maximum absolute atomic E-state index is 10.5. The molecule has 1 saturated heterocycles. The van der Waals surface area contributed by atoms with E-state index in [1.165, 1.54) is 38.5 Å². The van der Waals surface area contributed by atoms with Crippen LogP contribution in [0, 0.1) is 0 Å². The summed E-state index contributed by atoms with van der Waals surface area (Å²) in [5.41, 5.74) is 0. The number of carbonyl (C=O) groups is 1. The highest BCUT2D eigenvalue weighted by molar-refractivity contribution is 5.75. The van der Waals surface area contributed by atoms with E-state index < -0.39 is 0 Å². The van der Waals surface area contributed by atoms with Gasteiger partial charge in [0.2, 0.25) is 0 Å². The Morgan fingerprint density at radius 3 is 2.40 bits per heavy atom. The van der Waals surface area contributed by atoms with E-state index in [0.717, 1.165) is 12.8 Å². The Hall–Kier alpha value is -0.790. The van der Waals surface area contributed by atoms with E-state index in [1.54, 1.807) is 0 Å². The molecule has 1 aliphatic rings. The molecule has 1 aliphatic heterocycles. The third-order valence-electron chi connectivity index (χ3n) is 2.88. The zero-order valence-electron chi connectivity index (χ0n) is 9.54. The molecule has 86 valence electrons. The number of hydrogen-bond donors (Lipinski definition) is 0. The highest BCUT2D eigenvalue weighted by Gasteiger charge is 2.27. The standard InChI is InChI=1S/C13H22O2/c1-2-3-4-5-6-7-8-9-10-12-11-13(14)15-12/h2,12H,1,3-11H2/t12-/m1/s1. The summed E-state index contributed by atoms with van der Waals surface area (Å²) in [6.45, 7) is 3.71. The van der Waals surface area contributed by atoms with Gasteiger partial charge in [-0.2, -0.15) is 0 Å². The van der Waals surface area contributed by atoms with Crippen LogP contribution in [0.4, 0.5) is 0 Å². The Morgan fingerprint density at radius 2 is 1.80 bits per heavy atom. The fourth-order valence-electron chi connectivity index (χ4n) is 1.89. The predicted octanol–water partition coefficient (Wildman–Crippen LogP) is 3.61. The molecule has 0 spiro atoms. The molecule has 15 heavy (non-hydrogen) atoms. The van der Waals surface area contributed by atoms with Crippen LogP contribution in [-0.2, 0) is 9.53 Å². The third-order valence-corrected chi connectivity index (χ3v) is 2.88. The topological polar surface area (TPSA) is 26.3 Å². The number of cyclic esters (lactones) is 1. The highest BCUT2D eigenvalue weighted by Crippen LogP contribution is 2.20. The first-order valence-corrected chi connectivity index (χ1v) is 6.13. The smallest absolute Gasteiger partial charge is 0.309 e. The summed E-state index contributed by atoms with van der Waals surface area (Å²) in [6.07, 6.45) is 12.9. The summed E-state index contributed by atoms with van der Waals surface area (Å²) in [5.74, 6) is -0.0237. The van der Waals surface area contributed by atoms with Gasteiger partial charge < -0.3 is 4.74 Å². The second-order valence-corrected chi connectivity index (χ2v) is 4.30.